The van der Waals surface area contributed by atoms with E-state index in [1.54, 1.807) is 11.8 Å². The quantitative estimate of drug-likeness (QED) is 0.835. The van der Waals surface area contributed by atoms with Gasteiger partial charge in [-0.05, 0) is 17.7 Å². The van der Waals surface area contributed by atoms with Crippen LogP contribution in [-0.2, 0) is 0 Å². The first-order chi connectivity index (χ1) is 9.83. The van der Waals surface area contributed by atoms with Crippen LogP contribution < -0.4 is 15.2 Å². The van der Waals surface area contributed by atoms with E-state index < -0.39 is 0 Å². The zero-order chi connectivity index (χ0) is 13.8. The maximum Gasteiger partial charge on any atom is 0.183 e. The molecule has 1 aliphatic heterocycles. The number of benzene rings is 1. The highest BCUT2D eigenvalue weighted by molar-refractivity contribution is 7.99. The SMILES string of the molecule is NC(CSc1ncn[nH]1)c1ccc2c(c1)OCCCO2. The smallest absolute Gasteiger partial charge is 0.183 e. The molecule has 7 heteroatoms. The molecule has 0 saturated carbocycles. The van der Waals surface area contributed by atoms with Crippen molar-refractivity contribution in [1.82, 2.24) is 15.2 Å². The van der Waals surface area contributed by atoms with Crippen LogP contribution in [0.1, 0.15) is 18.0 Å². The number of nitrogens with zero attached hydrogens (tertiary/aromatic N) is 2. The molecule has 0 saturated heterocycles. The van der Waals surface area contributed by atoms with Gasteiger partial charge in [-0.2, -0.15) is 5.10 Å². The summed E-state index contributed by atoms with van der Waals surface area (Å²) in [5.41, 5.74) is 7.23. The Labute approximate surface area is 121 Å². The Morgan fingerprint density at radius 1 is 1.30 bits per heavy atom. The molecule has 20 heavy (non-hydrogen) atoms. The summed E-state index contributed by atoms with van der Waals surface area (Å²) >= 11 is 1.55. The monoisotopic (exact) mass is 292 g/mol. The molecule has 2 aromatic rings. The second kappa shape index (κ2) is 6.15. The fraction of sp³-hybridized carbons (Fsp3) is 0.385. The minimum atomic E-state index is -0.0951. The number of aromatic nitrogens is 3. The summed E-state index contributed by atoms with van der Waals surface area (Å²) in [5, 5.41) is 7.38. The summed E-state index contributed by atoms with van der Waals surface area (Å²) in [6.07, 6.45) is 2.39. The third kappa shape index (κ3) is 3.05. The fourth-order valence-corrected chi connectivity index (χ4v) is 2.71. The molecule has 1 unspecified atom stereocenters. The zero-order valence-corrected chi connectivity index (χ0v) is 11.7. The van der Waals surface area contributed by atoms with Crippen molar-refractivity contribution in [2.45, 2.75) is 17.6 Å². The highest BCUT2D eigenvalue weighted by Gasteiger charge is 2.14. The summed E-state index contributed by atoms with van der Waals surface area (Å²) in [4.78, 5) is 4.06. The van der Waals surface area contributed by atoms with E-state index in [9.17, 15) is 0 Å². The summed E-state index contributed by atoms with van der Waals surface area (Å²) < 4.78 is 11.3. The lowest BCUT2D eigenvalue weighted by molar-refractivity contribution is 0.297. The largest absolute Gasteiger partial charge is 0.490 e. The third-order valence-electron chi connectivity index (χ3n) is 2.99. The lowest BCUT2D eigenvalue weighted by atomic mass is 10.1. The van der Waals surface area contributed by atoms with Gasteiger partial charge in [-0.15, -0.1) is 0 Å². The van der Waals surface area contributed by atoms with Crippen LogP contribution in [0.2, 0.25) is 0 Å². The molecule has 0 bridgehead atoms. The Hall–Kier alpha value is -1.73. The van der Waals surface area contributed by atoms with Gasteiger partial charge in [0.05, 0.1) is 13.2 Å². The summed E-state index contributed by atoms with van der Waals surface area (Å²) in [6.45, 7) is 1.37. The Kier molecular flexibility index (Phi) is 4.08. The van der Waals surface area contributed by atoms with Crippen molar-refractivity contribution >= 4 is 11.8 Å². The highest BCUT2D eigenvalue weighted by atomic mass is 32.2. The molecule has 1 aliphatic rings. The van der Waals surface area contributed by atoms with Gasteiger partial charge in [-0.3, -0.25) is 5.10 Å². The minimum Gasteiger partial charge on any atom is -0.490 e. The first-order valence-electron chi connectivity index (χ1n) is 6.46. The maximum absolute atomic E-state index is 6.20. The Bertz CT molecular complexity index is 562. The van der Waals surface area contributed by atoms with Crippen LogP contribution in [-0.4, -0.2) is 34.1 Å². The summed E-state index contributed by atoms with van der Waals surface area (Å²) in [7, 11) is 0. The van der Waals surface area contributed by atoms with Crippen LogP contribution in [0.15, 0.2) is 29.7 Å². The standard InChI is InChI=1S/C13H16N4O2S/c14-10(7-20-13-15-8-16-17-13)9-2-3-11-12(6-9)19-5-1-4-18-11/h2-3,6,8,10H,1,4-5,7,14H2,(H,15,16,17). The molecule has 2 heterocycles. The van der Waals surface area contributed by atoms with Gasteiger partial charge < -0.3 is 15.2 Å². The van der Waals surface area contributed by atoms with Crippen molar-refractivity contribution in [2.24, 2.45) is 5.73 Å². The molecular weight excluding hydrogens is 276 g/mol. The van der Waals surface area contributed by atoms with Gasteiger partial charge in [0.2, 0.25) is 0 Å². The highest BCUT2D eigenvalue weighted by Crippen LogP contribution is 2.32. The first kappa shape index (κ1) is 13.3. The van der Waals surface area contributed by atoms with Crippen molar-refractivity contribution in [3.8, 4) is 11.5 Å². The molecule has 1 aromatic carbocycles. The number of ether oxygens (including phenoxy) is 2. The second-order valence-corrected chi connectivity index (χ2v) is 5.47. The number of H-pyrrole nitrogens is 1. The summed E-state index contributed by atoms with van der Waals surface area (Å²) in [6, 6.07) is 5.78. The molecule has 106 valence electrons. The maximum atomic E-state index is 6.20. The molecule has 1 aromatic heterocycles. The Balaban J connectivity index is 1.68. The molecule has 3 N–H and O–H groups in total. The second-order valence-electron chi connectivity index (χ2n) is 4.46. The van der Waals surface area contributed by atoms with Gasteiger partial charge in [0.1, 0.15) is 6.33 Å². The number of fused-ring (bicyclic) bond motifs is 1. The van der Waals surface area contributed by atoms with Gasteiger partial charge in [-0.1, -0.05) is 17.8 Å². The number of aromatic amines is 1. The van der Waals surface area contributed by atoms with Crippen molar-refractivity contribution < 1.29 is 9.47 Å². The van der Waals surface area contributed by atoms with Crippen LogP contribution in [0.25, 0.3) is 0 Å². The predicted octanol–water partition coefficient (Wildman–Crippen LogP) is 1.76. The molecule has 0 amide bonds. The molecule has 1 atom stereocenters. The third-order valence-corrected chi connectivity index (χ3v) is 3.99. The van der Waals surface area contributed by atoms with Crippen molar-refractivity contribution in [3.05, 3.63) is 30.1 Å². The average molecular weight is 292 g/mol. The van der Waals surface area contributed by atoms with Gasteiger partial charge >= 0.3 is 0 Å². The van der Waals surface area contributed by atoms with Gasteiger partial charge in [0.15, 0.2) is 16.7 Å². The molecular formula is C13H16N4O2S. The van der Waals surface area contributed by atoms with Crippen LogP contribution in [0.4, 0.5) is 0 Å². The van der Waals surface area contributed by atoms with E-state index in [2.05, 4.69) is 15.2 Å². The lowest BCUT2D eigenvalue weighted by Crippen LogP contribution is -2.13. The minimum absolute atomic E-state index is 0.0951. The van der Waals surface area contributed by atoms with Crippen molar-refractivity contribution in [3.63, 3.8) is 0 Å². The average Bonchev–Trinajstić information content (AvgIpc) is 2.88. The van der Waals surface area contributed by atoms with Gasteiger partial charge in [-0.25, -0.2) is 4.98 Å². The normalized spacial score (nSPS) is 15.7. The van der Waals surface area contributed by atoms with Crippen LogP contribution >= 0.6 is 11.8 Å². The number of hydrogen-bond donors (Lipinski definition) is 2. The molecule has 3 rings (SSSR count). The topological polar surface area (TPSA) is 86.1 Å². The predicted molar refractivity (Wildman–Crippen MR) is 76.1 cm³/mol. The molecule has 0 radical (unpaired) electrons. The molecule has 6 nitrogen and oxygen atoms in total. The van der Waals surface area contributed by atoms with Crippen molar-refractivity contribution in [1.29, 1.82) is 0 Å². The number of hydrogen-bond acceptors (Lipinski definition) is 6. The van der Waals surface area contributed by atoms with E-state index in [4.69, 9.17) is 15.2 Å². The zero-order valence-electron chi connectivity index (χ0n) is 10.9. The van der Waals surface area contributed by atoms with Crippen LogP contribution in [0, 0.1) is 0 Å². The fourth-order valence-electron chi connectivity index (χ4n) is 1.94. The summed E-state index contributed by atoms with van der Waals surface area (Å²) in [5.74, 6) is 2.29. The Morgan fingerprint density at radius 3 is 2.95 bits per heavy atom. The van der Waals surface area contributed by atoms with E-state index in [1.165, 1.54) is 6.33 Å². The van der Waals surface area contributed by atoms with E-state index in [1.807, 2.05) is 18.2 Å². The van der Waals surface area contributed by atoms with E-state index in [0.29, 0.717) is 13.2 Å². The number of rotatable bonds is 4. The number of thioether (sulfide) groups is 1. The van der Waals surface area contributed by atoms with E-state index >= 15 is 0 Å². The number of nitrogens with one attached hydrogen (secondary N) is 1. The van der Waals surface area contributed by atoms with E-state index in [0.717, 1.165) is 34.4 Å². The first-order valence-corrected chi connectivity index (χ1v) is 7.45. The van der Waals surface area contributed by atoms with E-state index in [-0.39, 0.29) is 6.04 Å². The Morgan fingerprint density at radius 2 is 2.15 bits per heavy atom. The molecule has 0 spiro atoms. The molecule has 0 fully saturated rings. The van der Waals surface area contributed by atoms with Crippen LogP contribution in [0.5, 0.6) is 11.5 Å². The van der Waals surface area contributed by atoms with Crippen molar-refractivity contribution in [2.75, 3.05) is 19.0 Å². The van der Waals surface area contributed by atoms with Gasteiger partial charge in [0.25, 0.3) is 0 Å². The van der Waals surface area contributed by atoms with Gasteiger partial charge in [0, 0.05) is 18.2 Å². The lowest BCUT2D eigenvalue weighted by Gasteiger charge is -2.14. The molecule has 0 aliphatic carbocycles. The number of nitrogens with two attached hydrogens (primary N) is 1. The van der Waals surface area contributed by atoms with Crippen LogP contribution in [0.3, 0.4) is 0 Å².